The van der Waals surface area contributed by atoms with Crippen molar-refractivity contribution < 1.29 is 9.15 Å². The molecule has 6 nitrogen and oxygen atoms in total. The van der Waals surface area contributed by atoms with E-state index in [1.807, 2.05) is 19.1 Å². The highest BCUT2D eigenvalue weighted by molar-refractivity contribution is 14.0. The van der Waals surface area contributed by atoms with E-state index in [-0.39, 0.29) is 24.0 Å². The molecule has 30 heavy (non-hydrogen) atoms. The van der Waals surface area contributed by atoms with Gasteiger partial charge in [-0.2, -0.15) is 0 Å². The highest BCUT2D eigenvalue weighted by atomic mass is 127. The number of aryl methyl sites for hydroxylation is 1. The molecule has 0 aliphatic heterocycles. The van der Waals surface area contributed by atoms with Gasteiger partial charge in [-0.15, -0.1) is 24.0 Å². The van der Waals surface area contributed by atoms with Crippen LogP contribution in [0.2, 0.25) is 0 Å². The maximum absolute atomic E-state index is 5.62. The van der Waals surface area contributed by atoms with E-state index in [1.54, 1.807) is 13.4 Å². The summed E-state index contributed by atoms with van der Waals surface area (Å²) in [4.78, 5) is 9.22. The maximum atomic E-state index is 5.62. The lowest BCUT2D eigenvalue weighted by Gasteiger charge is -2.10. The molecule has 2 aromatic carbocycles. The van der Waals surface area contributed by atoms with E-state index in [0.29, 0.717) is 25.6 Å². The van der Waals surface area contributed by atoms with Gasteiger partial charge in [-0.05, 0) is 37.1 Å². The van der Waals surface area contributed by atoms with Gasteiger partial charge in [-0.25, -0.2) is 9.98 Å². The third-order valence-corrected chi connectivity index (χ3v) is 4.39. The van der Waals surface area contributed by atoms with Gasteiger partial charge in [-0.1, -0.05) is 42.0 Å². The Morgan fingerprint density at radius 2 is 1.73 bits per heavy atom. The van der Waals surface area contributed by atoms with Crippen LogP contribution in [0.4, 0.5) is 0 Å². The molecule has 0 aliphatic carbocycles. The summed E-state index contributed by atoms with van der Waals surface area (Å²) in [6.07, 6.45) is 1.68. The Morgan fingerprint density at radius 3 is 2.40 bits per heavy atom. The number of ether oxygens (including phenoxy) is 1. The van der Waals surface area contributed by atoms with E-state index in [0.717, 1.165) is 34.9 Å². The Balaban J connectivity index is 0.00000320. The second kappa shape index (κ2) is 12.3. The Hall–Kier alpha value is -2.39. The molecule has 160 valence electrons. The van der Waals surface area contributed by atoms with Gasteiger partial charge in [0, 0.05) is 19.2 Å². The van der Waals surface area contributed by atoms with Crippen LogP contribution in [0, 0.1) is 6.92 Å². The minimum atomic E-state index is 0. The summed E-state index contributed by atoms with van der Waals surface area (Å²) in [5, 5.41) is 6.57. The van der Waals surface area contributed by atoms with Crippen LogP contribution in [0.1, 0.15) is 29.3 Å². The first-order chi connectivity index (χ1) is 14.2. The first kappa shape index (κ1) is 23.9. The average Bonchev–Trinajstić information content (AvgIpc) is 3.21. The second-order valence-electron chi connectivity index (χ2n) is 6.81. The lowest BCUT2D eigenvalue weighted by Crippen LogP contribution is -2.36. The van der Waals surface area contributed by atoms with Crippen molar-refractivity contribution in [2.75, 3.05) is 13.7 Å². The van der Waals surface area contributed by atoms with Crippen molar-refractivity contribution in [1.29, 1.82) is 0 Å². The molecule has 3 aromatic rings. The van der Waals surface area contributed by atoms with E-state index < -0.39 is 0 Å². The molecule has 3 rings (SSSR count). The largest absolute Gasteiger partial charge is 0.444 e. The van der Waals surface area contributed by atoms with Crippen molar-refractivity contribution in [3.05, 3.63) is 77.2 Å². The number of guanidine groups is 1. The van der Waals surface area contributed by atoms with Crippen LogP contribution >= 0.6 is 24.0 Å². The maximum Gasteiger partial charge on any atom is 0.226 e. The molecule has 7 heteroatoms. The summed E-state index contributed by atoms with van der Waals surface area (Å²) in [5.41, 5.74) is 5.31. The van der Waals surface area contributed by atoms with Crippen LogP contribution in [-0.4, -0.2) is 24.6 Å². The number of hydrogen-bond acceptors (Lipinski definition) is 4. The third-order valence-electron chi connectivity index (χ3n) is 4.39. The van der Waals surface area contributed by atoms with Gasteiger partial charge in [0.2, 0.25) is 5.89 Å². The number of oxazole rings is 1. The molecule has 0 unspecified atom stereocenters. The van der Waals surface area contributed by atoms with Crippen LogP contribution in [0.5, 0.6) is 0 Å². The van der Waals surface area contributed by atoms with Crippen LogP contribution in [0.3, 0.4) is 0 Å². The van der Waals surface area contributed by atoms with Crippen LogP contribution in [-0.2, 0) is 24.4 Å². The van der Waals surface area contributed by atoms with Crippen molar-refractivity contribution >= 4 is 29.9 Å². The zero-order valence-corrected chi connectivity index (χ0v) is 20.0. The lowest BCUT2D eigenvalue weighted by molar-refractivity contribution is 0.185. The van der Waals surface area contributed by atoms with Crippen molar-refractivity contribution in [2.24, 2.45) is 4.99 Å². The normalized spacial score (nSPS) is 11.1. The fourth-order valence-electron chi connectivity index (χ4n) is 2.81. The second-order valence-corrected chi connectivity index (χ2v) is 6.81. The lowest BCUT2D eigenvalue weighted by atomic mass is 10.1. The number of methoxy groups -OCH3 is 1. The summed E-state index contributed by atoms with van der Waals surface area (Å²) in [6, 6.07) is 16.4. The number of aromatic nitrogens is 1. The number of nitrogens with one attached hydrogen (secondary N) is 2. The number of nitrogens with zero attached hydrogens (tertiary/aromatic N) is 2. The van der Waals surface area contributed by atoms with Gasteiger partial charge in [0.25, 0.3) is 0 Å². The van der Waals surface area contributed by atoms with Crippen LogP contribution in [0.15, 0.2) is 64.2 Å². The van der Waals surface area contributed by atoms with E-state index in [4.69, 9.17) is 9.15 Å². The summed E-state index contributed by atoms with van der Waals surface area (Å²) < 4.78 is 10.8. The summed E-state index contributed by atoms with van der Waals surface area (Å²) in [6.45, 7) is 6.64. The molecular weight excluding hydrogens is 491 g/mol. The third kappa shape index (κ3) is 7.14. The minimum absolute atomic E-state index is 0. The molecule has 1 aromatic heterocycles. The number of hydrogen-bond donors (Lipinski definition) is 2. The number of aliphatic imine (C=N–C) groups is 1. The van der Waals surface area contributed by atoms with Gasteiger partial charge in [-0.3, -0.25) is 0 Å². The molecule has 0 spiro atoms. The number of benzene rings is 2. The SMILES string of the molecule is CCNC(=NCc1ccc(COC)cc1)NCc1coc(-c2ccc(C)cc2)n1.I. The molecule has 0 bridgehead atoms. The number of halogens is 1. The van der Waals surface area contributed by atoms with Gasteiger partial charge < -0.3 is 19.8 Å². The predicted molar refractivity (Wildman–Crippen MR) is 131 cm³/mol. The standard InChI is InChI=1S/C23H28N4O2.HI/c1-4-24-23(25-13-18-7-9-19(10-8-18)15-28-3)26-14-21-16-29-22(27-21)20-11-5-17(2)6-12-20;/h5-12,16H,4,13-15H2,1-3H3,(H2,24,25,26);1H. The van der Waals surface area contributed by atoms with Gasteiger partial charge in [0.15, 0.2) is 5.96 Å². The summed E-state index contributed by atoms with van der Waals surface area (Å²) >= 11 is 0. The number of rotatable bonds is 8. The van der Waals surface area contributed by atoms with Crippen LogP contribution in [0.25, 0.3) is 11.5 Å². The molecule has 0 saturated carbocycles. The van der Waals surface area contributed by atoms with E-state index in [2.05, 4.69) is 63.9 Å². The quantitative estimate of drug-likeness (QED) is 0.257. The van der Waals surface area contributed by atoms with Gasteiger partial charge in [0.05, 0.1) is 25.4 Å². The molecule has 1 heterocycles. The van der Waals surface area contributed by atoms with E-state index in [9.17, 15) is 0 Å². The predicted octanol–water partition coefficient (Wildman–Crippen LogP) is 4.67. The Morgan fingerprint density at radius 1 is 1.03 bits per heavy atom. The van der Waals surface area contributed by atoms with E-state index in [1.165, 1.54) is 5.56 Å². The van der Waals surface area contributed by atoms with Gasteiger partial charge in [0.1, 0.15) is 6.26 Å². The monoisotopic (exact) mass is 520 g/mol. The Bertz CT molecular complexity index is 921. The highest BCUT2D eigenvalue weighted by Gasteiger charge is 2.07. The fraction of sp³-hybridized carbons (Fsp3) is 0.304. The van der Waals surface area contributed by atoms with E-state index >= 15 is 0 Å². The molecule has 2 N–H and O–H groups in total. The minimum Gasteiger partial charge on any atom is -0.444 e. The zero-order chi connectivity index (χ0) is 20.5. The molecule has 0 atom stereocenters. The molecule has 0 fully saturated rings. The first-order valence-corrected chi connectivity index (χ1v) is 9.78. The van der Waals surface area contributed by atoms with Crippen molar-refractivity contribution in [1.82, 2.24) is 15.6 Å². The summed E-state index contributed by atoms with van der Waals surface area (Å²) in [7, 11) is 1.70. The zero-order valence-electron chi connectivity index (χ0n) is 17.6. The average molecular weight is 520 g/mol. The van der Waals surface area contributed by atoms with Crippen LogP contribution < -0.4 is 10.6 Å². The van der Waals surface area contributed by atoms with Crippen molar-refractivity contribution in [2.45, 2.75) is 33.5 Å². The molecule has 0 amide bonds. The van der Waals surface area contributed by atoms with Gasteiger partial charge >= 0.3 is 0 Å². The molecule has 0 aliphatic rings. The fourth-order valence-corrected chi connectivity index (χ4v) is 2.81. The summed E-state index contributed by atoms with van der Waals surface area (Å²) in [5.74, 6) is 1.37. The molecular formula is C23H29IN4O2. The highest BCUT2D eigenvalue weighted by Crippen LogP contribution is 2.19. The Kier molecular flexibility index (Phi) is 9.82. The van der Waals surface area contributed by atoms with Crippen molar-refractivity contribution in [3.63, 3.8) is 0 Å². The Labute approximate surface area is 195 Å². The first-order valence-electron chi connectivity index (χ1n) is 9.78. The molecule has 0 saturated heterocycles. The van der Waals surface area contributed by atoms with Crippen molar-refractivity contribution in [3.8, 4) is 11.5 Å². The smallest absolute Gasteiger partial charge is 0.226 e. The molecule has 0 radical (unpaired) electrons. The topological polar surface area (TPSA) is 71.7 Å².